The van der Waals surface area contributed by atoms with Crippen molar-refractivity contribution in [2.75, 3.05) is 18.4 Å². The van der Waals surface area contributed by atoms with Crippen LogP contribution in [0.4, 0.5) is 14.9 Å². The number of rotatable bonds is 2. The number of urea groups is 1. The van der Waals surface area contributed by atoms with Gasteiger partial charge in [-0.2, -0.15) is 0 Å². The number of carbonyl (C=O) groups is 1. The highest BCUT2D eigenvalue weighted by atomic mass is 35.5. The van der Waals surface area contributed by atoms with Crippen molar-refractivity contribution >= 4 is 34.4 Å². The van der Waals surface area contributed by atoms with Crippen LogP contribution in [0.15, 0.2) is 48.8 Å². The molecule has 1 aromatic heterocycles. The van der Waals surface area contributed by atoms with Crippen molar-refractivity contribution in [3.8, 4) is 0 Å². The zero-order valence-corrected chi connectivity index (χ0v) is 14.8. The molecule has 0 atom stereocenters. The molecule has 0 aliphatic carbocycles. The fourth-order valence-electron chi connectivity index (χ4n) is 3.40. The maximum atomic E-state index is 13.3. The van der Waals surface area contributed by atoms with E-state index in [0.717, 1.165) is 18.4 Å². The van der Waals surface area contributed by atoms with Crippen LogP contribution in [-0.2, 0) is 0 Å². The number of carbonyl (C=O) groups excluding carboxylic acids is 1. The first-order valence-electron chi connectivity index (χ1n) is 8.54. The summed E-state index contributed by atoms with van der Waals surface area (Å²) in [5.41, 5.74) is 2.19. The molecule has 0 saturated carbocycles. The molecule has 2 aromatic carbocycles. The highest BCUT2D eigenvalue weighted by Gasteiger charge is 2.25. The Labute approximate surface area is 155 Å². The fourth-order valence-corrected chi connectivity index (χ4v) is 3.58. The molecule has 0 spiro atoms. The Morgan fingerprint density at radius 3 is 2.73 bits per heavy atom. The highest BCUT2D eigenvalue weighted by molar-refractivity contribution is 6.33. The predicted octanol–water partition coefficient (Wildman–Crippen LogP) is 4.70. The van der Waals surface area contributed by atoms with E-state index in [1.54, 1.807) is 29.4 Å². The van der Waals surface area contributed by atoms with Crippen LogP contribution in [0.5, 0.6) is 0 Å². The van der Waals surface area contributed by atoms with Crippen molar-refractivity contribution in [2.24, 2.45) is 0 Å². The molecule has 7 heteroatoms. The molecular formula is C19H18ClFN4O. The topological polar surface area (TPSA) is 50.2 Å². The normalized spacial score (nSPS) is 15.4. The third-order valence-corrected chi connectivity index (χ3v) is 5.13. The molecule has 2 amide bonds. The number of nitrogens with one attached hydrogen (secondary N) is 1. The molecule has 0 unspecified atom stereocenters. The third kappa shape index (κ3) is 3.24. The zero-order chi connectivity index (χ0) is 18.1. The molecule has 1 fully saturated rings. The van der Waals surface area contributed by atoms with E-state index in [-0.39, 0.29) is 17.9 Å². The minimum absolute atomic E-state index is 0.144. The number of nitrogens with zero attached hydrogens (tertiary/aromatic N) is 3. The minimum Gasteiger partial charge on any atom is -0.327 e. The first-order valence-corrected chi connectivity index (χ1v) is 8.92. The number of hydrogen-bond acceptors (Lipinski definition) is 2. The second-order valence-corrected chi connectivity index (χ2v) is 6.82. The molecule has 0 radical (unpaired) electrons. The largest absolute Gasteiger partial charge is 0.327 e. The summed E-state index contributed by atoms with van der Waals surface area (Å²) in [5, 5.41) is 3.38. The number of para-hydroxylation sites is 1. The van der Waals surface area contributed by atoms with Crippen LogP contribution < -0.4 is 5.32 Å². The Morgan fingerprint density at radius 2 is 1.96 bits per heavy atom. The summed E-state index contributed by atoms with van der Waals surface area (Å²) in [6.45, 7) is 1.28. The fraction of sp³-hybridized carbons (Fsp3) is 0.263. The number of anilines is 1. The minimum atomic E-state index is -0.284. The summed E-state index contributed by atoms with van der Waals surface area (Å²) in [5.74, 6) is -0.284. The van der Waals surface area contributed by atoms with E-state index in [2.05, 4.69) is 14.9 Å². The lowest BCUT2D eigenvalue weighted by Gasteiger charge is -2.33. The van der Waals surface area contributed by atoms with E-state index in [9.17, 15) is 9.18 Å². The lowest BCUT2D eigenvalue weighted by atomic mass is 10.0. The van der Waals surface area contributed by atoms with Crippen LogP contribution in [0, 0.1) is 5.82 Å². The number of benzene rings is 2. The lowest BCUT2D eigenvalue weighted by Crippen LogP contribution is -2.41. The van der Waals surface area contributed by atoms with Gasteiger partial charge in [0.05, 0.1) is 28.1 Å². The second kappa shape index (κ2) is 6.96. The number of imidazole rings is 1. The summed E-state index contributed by atoms with van der Waals surface area (Å²) in [6, 6.07) is 11.9. The smallest absolute Gasteiger partial charge is 0.321 e. The van der Waals surface area contributed by atoms with Gasteiger partial charge in [0.25, 0.3) is 0 Å². The highest BCUT2D eigenvalue weighted by Crippen LogP contribution is 2.28. The Bertz CT molecular complexity index is 950. The molecule has 1 aliphatic rings. The predicted molar refractivity (Wildman–Crippen MR) is 100 cm³/mol. The van der Waals surface area contributed by atoms with Crippen molar-refractivity contribution in [1.82, 2.24) is 14.5 Å². The third-order valence-electron chi connectivity index (χ3n) is 4.80. The molecule has 5 nitrogen and oxygen atoms in total. The average molecular weight is 373 g/mol. The van der Waals surface area contributed by atoms with Crippen molar-refractivity contribution in [1.29, 1.82) is 0 Å². The molecule has 1 saturated heterocycles. The molecule has 1 N–H and O–H groups in total. The van der Waals surface area contributed by atoms with Gasteiger partial charge in [0.15, 0.2) is 0 Å². The molecule has 26 heavy (non-hydrogen) atoms. The zero-order valence-electron chi connectivity index (χ0n) is 14.0. The number of aromatic nitrogens is 2. The first kappa shape index (κ1) is 16.8. The van der Waals surface area contributed by atoms with Gasteiger partial charge in [-0.25, -0.2) is 14.2 Å². The van der Waals surface area contributed by atoms with Crippen LogP contribution >= 0.6 is 11.6 Å². The quantitative estimate of drug-likeness (QED) is 0.709. The van der Waals surface area contributed by atoms with Gasteiger partial charge in [-0.3, -0.25) is 0 Å². The monoisotopic (exact) mass is 372 g/mol. The lowest BCUT2D eigenvalue weighted by molar-refractivity contribution is 0.184. The van der Waals surface area contributed by atoms with E-state index in [1.807, 2.05) is 12.1 Å². The molecule has 1 aliphatic heterocycles. The maximum absolute atomic E-state index is 13.3. The van der Waals surface area contributed by atoms with Crippen LogP contribution in [0.2, 0.25) is 5.02 Å². The van der Waals surface area contributed by atoms with Gasteiger partial charge in [-0.1, -0.05) is 23.7 Å². The van der Waals surface area contributed by atoms with Gasteiger partial charge in [0.1, 0.15) is 5.82 Å². The van der Waals surface area contributed by atoms with Crippen molar-refractivity contribution in [3.05, 3.63) is 59.6 Å². The van der Waals surface area contributed by atoms with Gasteiger partial charge < -0.3 is 14.8 Å². The van der Waals surface area contributed by atoms with E-state index in [0.29, 0.717) is 29.3 Å². The Kier molecular flexibility index (Phi) is 4.51. The summed E-state index contributed by atoms with van der Waals surface area (Å²) in [6.07, 6.45) is 3.39. The molecule has 0 bridgehead atoms. The number of fused-ring (bicyclic) bond motifs is 1. The first-order chi connectivity index (χ1) is 12.6. The van der Waals surface area contributed by atoms with E-state index < -0.39 is 0 Å². The number of amides is 2. The standard InChI is InChI=1S/C19H18ClFN4O/c20-15-3-1-2-4-16(15)23-19(26)24-9-7-14(8-10-24)25-12-22-17-11-13(21)5-6-18(17)25/h1-6,11-12,14H,7-10H2,(H,23,26). The molecule has 134 valence electrons. The van der Waals surface area contributed by atoms with Gasteiger partial charge in [-0.15, -0.1) is 0 Å². The average Bonchev–Trinajstić information content (AvgIpc) is 3.06. The SMILES string of the molecule is O=C(Nc1ccccc1Cl)N1CCC(n2cnc3cc(F)ccc32)CC1. The number of likely N-dealkylation sites (tertiary alicyclic amines) is 1. The van der Waals surface area contributed by atoms with Crippen LogP contribution in [0.3, 0.4) is 0 Å². The van der Waals surface area contributed by atoms with Crippen LogP contribution in [0.25, 0.3) is 11.0 Å². The second-order valence-electron chi connectivity index (χ2n) is 6.41. The van der Waals surface area contributed by atoms with Gasteiger partial charge >= 0.3 is 6.03 Å². The van der Waals surface area contributed by atoms with E-state index >= 15 is 0 Å². The summed E-state index contributed by atoms with van der Waals surface area (Å²) >= 11 is 6.09. The molecule has 3 aromatic rings. The van der Waals surface area contributed by atoms with Gasteiger partial charge in [0.2, 0.25) is 0 Å². The Hall–Kier alpha value is -2.60. The summed E-state index contributed by atoms with van der Waals surface area (Å²) in [4.78, 5) is 18.5. The molecule has 4 rings (SSSR count). The number of halogens is 2. The Balaban J connectivity index is 1.42. The summed E-state index contributed by atoms with van der Waals surface area (Å²) in [7, 11) is 0. The van der Waals surface area contributed by atoms with Gasteiger partial charge in [-0.05, 0) is 37.1 Å². The van der Waals surface area contributed by atoms with Crippen LogP contribution in [0.1, 0.15) is 18.9 Å². The van der Waals surface area contributed by atoms with Crippen molar-refractivity contribution in [3.63, 3.8) is 0 Å². The maximum Gasteiger partial charge on any atom is 0.321 e. The molecular weight excluding hydrogens is 355 g/mol. The Morgan fingerprint density at radius 1 is 1.19 bits per heavy atom. The molecule has 2 heterocycles. The van der Waals surface area contributed by atoms with Crippen molar-refractivity contribution in [2.45, 2.75) is 18.9 Å². The van der Waals surface area contributed by atoms with Crippen LogP contribution in [-0.4, -0.2) is 33.6 Å². The van der Waals surface area contributed by atoms with Crippen molar-refractivity contribution < 1.29 is 9.18 Å². The van der Waals surface area contributed by atoms with E-state index in [4.69, 9.17) is 11.6 Å². The number of hydrogen-bond donors (Lipinski definition) is 1. The summed E-state index contributed by atoms with van der Waals surface area (Å²) < 4.78 is 15.4. The van der Waals surface area contributed by atoms with E-state index in [1.165, 1.54) is 12.1 Å². The van der Waals surface area contributed by atoms with Gasteiger partial charge in [0, 0.05) is 25.2 Å². The number of piperidine rings is 1.